The molecular weight excluding hydrogens is 326 g/mol. The van der Waals surface area contributed by atoms with E-state index >= 15 is 0 Å². The number of aliphatic imine (C=N–C) groups is 1. The Kier molecular flexibility index (Phi) is 9.57. The normalized spacial score (nSPS) is 9.11. The molecule has 0 spiro atoms. The Hall–Kier alpha value is -0.896. The number of halogens is 1. The van der Waals surface area contributed by atoms with Gasteiger partial charge in [0.1, 0.15) is 5.75 Å². The van der Waals surface area contributed by atoms with Crippen LogP contribution >= 0.6 is 13.2 Å². The Labute approximate surface area is 126 Å². The van der Waals surface area contributed by atoms with E-state index in [-0.39, 0.29) is 13.2 Å². The van der Waals surface area contributed by atoms with Crippen molar-refractivity contribution in [1.29, 1.82) is 0 Å². The molecule has 2 aromatic carbocycles. The van der Waals surface area contributed by atoms with Gasteiger partial charge < -0.3 is 12.5 Å². The Morgan fingerprint density at radius 2 is 1.50 bits per heavy atom. The number of phenols is 1. The van der Waals surface area contributed by atoms with E-state index in [9.17, 15) is 5.11 Å². The van der Waals surface area contributed by atoms with E-state index in [4.69, 9.17) is 0 Å². The summed E-state index contributed by atoms with van der Waals surface area (Å²) >= 11 is 4.75. The van der Waals surface area contributed by atoms with Crippen molar-refractivity contribution in [3.63, 3.8) is 0 Å². The van der Waals surface area contributed by atoms with Crippen molar-refractivity contribution >= 4 is 25.1 Å². The van der Waals surface area contributed by atoms with Gasteiger partial charge in [-0.15, -0.1) is 0 Å². The average molecular weight is 340 g/mol. The van der Waals surface area contributed by atoms with Gasteiger partial charge in [0.25, 0.3) is 0 Å². The van der Waals surface area contributed by atoms with Gasteiger partial charge in [0.05, 0.1) is 5.69 Å². The molecule has 0 fully saturated rings. The molecule has 0 aromatic heterocycles. The van der Waals surface area contributed by atoms with Crippen LogP contribution in [0.4, 0.5) is 5.69 Å². The summed E-state index contributed by atoms with van der Waals surface area (Å²) in [6.07, 6.45) is 1.66. The van der Waals surface area contributed by atoms with Crippen LogP contribution in [0.25, 0.3) is 0 Å². The summed E-state index contributed by atoms with van der Waals surface area (Å²) in [5.74, 6) is 0.247. The first-order chi connectivity index (χ1) is 8.36. The molecule has 92 valence electrons. The summed E-state index contributed by atoms with van der Waals surface area (Å²) in [7, 11) is 0. The van der Waals surface area contributed by atoms with Gasteiger partial charge in [0.2, 0.25) is 0 Å². The summed E-state index contributed by atoms with van der Waals surface area (Å²) < 4.78 is 0. The van der Waals surface area contributed by atoms with Crippen molar-refractivity contribution in [3.8, 4) is 5.75 Å². The Balaban J connectivity index is 0.000000917. The standard InChI is InChI=1S/C13H11NO.CH3.BrH.Ti/c15-13-9-5-4-6-11(13)10-14-12-7-2-1-3-8-12;;;/h1-10,15H;1H3;1H;/q;-1;;+2/p-1. The van der Waals surface area contributed by atoms with E-state index in [0.717, 1.165) is 11.3 Å². The fraction of sp³-hybridized carbons (Fsp3) is 0. The van der Waals surface area contributed by atoms with Crippen LogP contribution in [0.15, 0.2) is 59.6 Å². The molecule has 2 rings (SSSR count). The summed E-state index contributed by atoms with van der Waals surface area (Å²) in [5.41, 5.74) is 1.60. The predicted octanol–water partition coefficient (Wildman–Crippen LogP) is 4.44. The first-order valence-electron chi connectivity index (χ1n) is 4.92. The minimum absolute atomic E-state index is 0. The second-order valence-corrected chi connectivity index (χ2v) is 3.15. The van der Waals surface area contributed by atoms with Gasteiger partial charge in [-0.05, 0) is 24.3 Å². The molecule has 0 bridgehead atoms. The van der Waals surface area contributed by atoms with Gasteiger partial charge >= 0.3 is 31.5 Å². The molecule has 2 nitrogen and oxygen atoms in total. The first kappa shape index (κ1) is 17.1. The van der Waals surface area contributed by atoms with Gasteiger partial charge in [-0.2, -0.15) is 0 Å². The third-order valence-corrected chi connectivity index (χ3v) is 2.05. The number of nitrogens with zero attached hydrogens (tertiary/aromatic N) is 1. The quantitative estimate of drug-likeness (QED) is 0.489. The van der Waals surface area contributed by atoms with Crippen LogP contribution in [0, 0.1) is 7.43 Å². The number of rotatable bonds is 2. The molecular formula is C14H14BrNOTi. The Bertz CT molecular complexity index is 474. The van der Waals surface area contributed by atoms with E-state index in [1.54, 1.807) is 18.3 Å². The molecule has 0 saturated heterocycles. The van der Waals surface area contributed by atoms with Crippen molar-refractivity contribution in [2.45, 2.75) is 0 Å². The SMILES string of the molecule is Oc1ccccc1C=Nc1ccccc1.[CH3-].[Ti+][Br]. The summed E-state index contributed by atoms with van der Waals surface area (Å²) in [5, 5.41) is 9.50. The molecule has 0 unspecified atom stereocenters. The topological polar surface area (TPSA) is 32.6 Å². The minimum atomic E-state index is 0. The zero-order valence-corrected chi connectivity index (χ0v) is 13.2. The van der Waals surface area contributed by atoms with E-state index in [1.807, 2.05) is 60.8 Å². The van der Waals surface area contributed by atoms with Gasteiger partial charge in [-0.25, -0.2) is 0 Å². The fourth-order valence-electron chi connectivity index (χ4n) is 1.25. The van der Waals surface area contributed by atoms with Crippen LogP contribution in [0.2, 0.25) is 0 Å². The third kappa shape index (κ3) is 5.63. The van der Waals surface area contributed by atoms with Crippen molar-refractivity contribution in [2.75, 3.05) is 0 Å². The molecule has 4 heteroatoms. The fourth-order valence-corrected chi connectivity index (χ4v) is 1.25. The molecule has 0 amide bonds. The summed E-state index contributed by atoms with van der Waals surface area (Å²) in [4.78, 5) is 4.25. The number of para-hydroxylation sites is 2. The van der Waals surface area contributed by atoms with Gasteiger partial charge in [0.15, 0.2) is 0 Å². The number of aromatic hydroxyl groups is 1. The molecule has 0 aliphatic rings. The molecule has 0 saturated carbocycles. The number of phenolic OH excluding ortho intramolecular Hbond substituents is 1. The first-order valence-corrected chi connectivity index (χ1v) is 8.78. The molecule has 0 radical (unpaired) electrons. The van der Waals surface area contributed by atoms with Crippen molar-refractivity contribution in [3.05, 3.63) is 67.6 Å². The van der Waals surface area contributed by atoms with Crippen LogP contribution in [0.1, 0.15) is 5.56 Å². The van der Waals surface area contributed by atoms with E-state index < -0.39 is 0 Å². The second-order valence-electron chi connectivity index (χ2n) is 3.15. The Morgan fingerprint density at radius 1 is 0.944 bits per heavy atom. The van der Waals surface area contributed by atoms with Crippen LogP contribution in [0.3, 0.4) is 0 Å². The average Bonchev–Trinajstić information content (AvgIpc) is 2.41. The number of hydrogen-bond donors (Lipinski definition) is 1. The summed E-state index contributed by atoms with van der Waals surface area (Å²) in [6.45, 7) is 0. The van der Waals surface area contributed by atoms with Gasteiger partial charge in [-0.3, -0.25) is 4.99 Å². The van der Waals surface area contributed by atoms with E-state index in [2.05, 4.69) is 18.2 Å². The van der Waals surface area contributed by atoms with Crippen LogP contribution in [-0.2, 0) is 18.3 Å². The van der Waals surface area contributed by atoms with Crippen molar-refractivity contribution in [1.82, 2.24) is 0 Å². The number of benzene rings is 2. The van der Waals surface area contributed by atoms with Crippen LogP contribution < -0.4 is 0 Å². The zero-order valence-electron chi connectivity index (χ0n) is 10.0. The van der Waals surface area contributed by atoms with E-state index in [0.29, 0.717) is 0 Å². The van der Waals surface area contributed by atoms with Crippen molar-refractivity contribution in [2.24, 2.45) is 4.99 Å². The second kappa shape index (κ2) is 10.1. The molecule has 0 atom stereocenters. The number of hydrogen-bond acceptors (Lipinski definition) is 2. The summed E-state index contributed by atoms with van der Waals surface area (Å²) in [6, 6.07) is 16.7. The van der Waals surface area contributed by atoms with Crippen molar-refractivity contribution < 1.29 is 23.4 Å². The molecule has 1 N–H and O–H groups in total. The van der Waals surface area contributed by atoms with Gasteiger partial charge in [-0.1, -0.05) is 30.3 Å². The molecule has 0 aliphatic heterocycles. The third-order valence-electron chi connectivity index (χ3n) is 2.05. The van der Waals surface area contributed by atoms with Crippen LogP contribution in [-0.4, -0.2) is 11.3 Å². The monoisotopic (exact) mass is 339 g/mol. The maximum atomic E-state index is 9.50. The van der Waals surface area contributed by atoms with Gasteiger partial charge in [0, 0.05) is 11.8 Å². The predicted molar refractivity (Wildman–Crippen MR) is 77.1 cm³/mol. The zero-order chi connectivity index (χ0) is 12.5. The molecule has 2 aromatic rings. The molecule has 0 aliphatic carbocycles. The Morgan fingerprint density at radius 3 is 2.11 bits per heavy atom. The maximum absolute atomic E-state index is 9.50. The van der Waals surface area contributed by atoms with E-state index in [1.165, 1.54) is 0 Å². The van der Waals surface area contributed by atoms with Crippen LogP contribution in [0.5, 0.6) is 5.75 Å². The molecule has 0 heterocycles. The molecule has 18 heavy (non-hydrogen) atoms.